The van der Waals surface area contributed by atoms with Crippen LogP contribution in [0.25, 0.3) is 104 Å². The predicted molar refractivity (Wildman–Crippen MR) is 201 cm³/mol. The lowest BCUT2D eigenvalue weighted by Crippen LogP contribution is -1.96. The normalized spacial score (nSPS) is 12.2. The molecular formula is C45H26N2O. The fraction of sp³-hybridized carbons (Fsp3) is 0. The van der Waals surface area contributed by atoms with Crippen LogP contribution in [0.15, 0.2) is 162 Å². The molecule has 0 fully saturated rings. The van der Waals surface area contributed by atoms with Gasteiger partial charge in [-0.1, -0.05) is 109 Å². The molecule has 0 spiro atoms. The predicted octanol–water partition coefficient (Wildman–Crippen LogP) is 12.4. The van der Waals surface area contributed by atoms with Crippen molar-refractivity contribution < 1.29 is 4.42 Å². The molecule has 0 aliphatic carbocycles. The smallest absolute Gasteiger partial charge is 0.147 e. The Morgan fingerprint density at radius 3 is 1.90 bits per heavy atom. The Hall–Kier alpha value is -6.45. The summed E-state index contributed by atoms with van der Waals surface area (Å²) in [5.74, 6) is 0. The van der Waals surface area contributed by atoms with E-state index in [0.29, 0.717) is 0 Å². The van der Waals surface area contributed by atoms with Gasteiger partial charge in [0.1, 0.15) is 16.7 Å². The van der Waals surface area contributed by atoms with Crippen molar-refractivity contribution in [3.05, 3.63) is 158 Å². The Balaban J connectivity index is 1.19. The molecule has 0 radical (unpaired) electrons. The number of aromatic nitrogens is 2. The van der Waals surface area contributed by atoms with Gasteiger partial charge in [-0.2, -0.15) is 0 Å². The van der Waals surface area contributed by atoms with E-state index in [1.807, 2.05) is 24.4 Å². The van der Waals surface area contributed by atoms with Crippen molar-refractivity contribution in [1.29, 1.82) is 0 Å². The van der Waals surface area contributed by atoms with Gasteiger partial charge in [-0.15, -0.1) is 0 Å². The number of hydrogen-bond acceptors (Lipinski definition) is 2. The number of pyridine rings is 1. The van der Waals surface area contributed by atoms with Gasteiger partial charge in [0, 0.05) is 22.4 Å². The summed E-state index contributed by atoms with van der Waals surface area (Å²) in [6, 6.07) is 54.7. The number of furan rings is 1. The standard InChI is InChI=1S/C45H26N2O/c1-2-12-32-30(10-1)31-11-3-4-13-33(31)38-26-27(21-22-34(32)38)28-15-7-17-35-29(28)16-8-18-39(35)47-40-24-23-37-36-14-5-6-20-42(36)48-45(37)43(40)44-41(47)19-9-25-46-44/h1-26H. The maximum absolute atomic E-state index is 6.53. The maximum atomic E-state index is 6.53. The number of hydrogen-bond donors (Lipinski definition) is 0. The third-order valence-electron chi connectivity index (χ3n) is 10.2. The summed E-state index contributed by atoms with van der Waals surface area (Å²) < 4.78 is 8.88. The highest BCUT2D eigenvalue weighted by atomic mass is 16.3. The van der Waals surface area contributed by atoms with E-state index in [-0.39, 0.29) is 0 Å². The molecule has 0 N–H and O–H groups in total. The lowest BCUT2D eigenvalue weighted by Gasteiger charge is -2.15. The zero-order chi connectivity index (χ0) is 31.3. The summed E-state index contributed by atoms with van der Waals surface area (Å²) in [6.45, 7) is 0. The van der Waals surface area contributed by atoms with E-state index >= 15 is 0 Å². The quantitative estimate of drug-likeness (QED) is 0.182. The number of rotatable bonds is 2. The van der Waals surface area contributed by atoms with Crippen molar-refractivity contribution in [3.8, 4) is 16.8 Å². The molecule has 222 valence electrons. The number of benzene rings is 8. The average Bonchev–Trinajstić information content (AvgIpc) is 3.70. The van der Waals surface area contributed by atoms with Gasteiger partial charge in [0.15, 0.2) is 0 Å². The summed E-state index contributed by atoms with van der Waals surface area (Å²) in [4.78, 5) is 4.92. The van der Waals surface area contributed by atoms with E-state index in [1.165, 1.54) is 54.2 Å². The van der Waals surface area contributed by atoms with Gasteiger partial charge in [0.05, 0.1) is 22.1 Å². The SMILES string of the molecule is c1ccc2c(c1)oc1c2ccc2c1c1ncccc1n2-c1cccc2c(-c3ccc4c5ccccc5c5ccccc5c4c3)cccc12. The molecule has 0 aliphatic rings. The zero-order valence-corrected chi connectivity index (χ0v) is 25.8. The minimum Gasteiger partial charge on any atom is -0.455 e. The summed E-state index contributed by atoms with van der Waals surface area (Å²) in [5.41, 5.74) is 8.40. The Labute approximate surface area is 274 Å². The molecule has 3 heteroatoms. The van der Waals surface area contributed by atoms with Gasteiger partial charge in [-0.05, 0) is 91.3 Å². The fourth-order valence-corrected chi connectivity index (χ4v) is 8.17. The summed E-state index contributed by atoms with van der Waals surface area (Å²) >= 11 is 0. The van der Waals surface area contributed by atoms with E-state index in [2.05, 4.69) is 138 Å². The third-order valence-corrected chi connectivity index (χ3v) is 10.2. The Morgan fingerprint density at radius 1 is 0.438 bits per heavy atom. The zero-order valence-electron chi connectivity index (χ0n) is 25.8. The number of para-hydroxylation sites is 1. The Bertz CT molecular complexity index is 3090. The van der Waals surface area contributed by atoms with Crippen molar-refractivity contribution in [1.82, 2.24) is 9.55 Å². The molecule has 0 saturated carbocycles. The molecule has 3 nitrogen and oxygen atoms in total. The van der Waals surface area contributed by atoms with E-state index in [1.54, 1.807) is 0 Å². The average molecular weight is 611 g/mol. The molecule has 0 aliphatic heterocycles. The lowest BCUT2D eigenvalue weighted by molar-refractivity contribution is 0.673. The van der Waals surface area contributed by atoms with Crippen molar-refractivity contribution in [2.75, 3.05) is 0 Å². The molecule has 0 saturated heterocycles. The molecule has 0 amide bonds. The second kappa shape index (κ2) is 9.54. The van der Waals surface area contributed by atoms with Crippen LogP contribution in [-0.2, 0) is 0 Å². The first-order valence-corrected chi connectivity index (χ1v) is 16.4. The first-order chi connectivity index (χ1) is 23.8. The van der Waals surface area contributed by atoms with Crippen LogP contribution in [-0.4, -0.2) is 9.55 Å². The molecule has 3 heterocycles. The largest absolute Gasteiger partial charge is 0.455 e. The number of fused-ring (bicyclic) bond motifs is 14. The highest BCUT2D eigenvalue weighted by Crippen LogP contribution is 2.43. The van der Waals surface area contributed by atoms with E-state index in [0.717, 1.165) is 49.6 Å². The van der Waals surface area contributed by atoms with Gasteiger partial charge in [0.2, 0.25) is 0 Å². The van der Waals surface area contributed by atoms with Crippen LogP contribution >= 0.6 is 0 Å². The Kier molecular flexibility index (Phi) is 5.11. The first-order valence-electron chi connectivity index (χ1n) is 16.4. The molecule has 48 heavy (non-hydrogen) atoms. The van der Waals surface area contributed by atoms with Crippen LogP contribution in [0.3, 0.4) is 0 Å². The topological polar surface area (TPSA) is 31.0 Å². The van der Waals surface area contributed by atoms with Crippen LogP contribution < -0.4 is 0 Å². The minimum absolute atomic E-state index is 0.882. The second-order valence-corrected chi connectivity index (χ2v) is 12.7. The van der Waals surface area contributed by atoms with Crippen LogP contribution in [0.4, 0.5) is 0 Å². The van der Waals surface area contributed by atoms with Gasteiger partial charge in [-0.3, -0.25) is 4.98 Å². The second-order valence-electron chi connectivity index (χ2n) is 12.7. The fourth-order valence-electron chi connectivity index (χ4n) is 8.17. The molecular weight excluding hydrogens is 585 g/mol. The molecule has 0 unspecified atom stereocenters. The highest BCUT2D eigenvalue weighted by molar-refractivity contribution is 6.26. The molecule has 8 aromatic carbocycles. The molecule has 0 atom stereocenters. The molecule has 0 bridgehead atoms. The van der Waals surface area contributed by atoms with Crippen molar-refractivity contribution in [2.45, 2.75) is 0 Å². The molecule has 11 aromatic rings. The Morgan fingerprint density at radius 2 is 1.08 bits per heavy atom. The maximum Gasteiger partial charge on any atom is 0.147 e. The summed E-state index contributed by atoms with van der Waals surface area (Å²) in [7, 11) is 0. The van der Waals surface area contributed by atoms with Crippen LogP contribution in [0.2, 0.25) is 0 Å². The molecule has 11 rings (SSSR count). The monoisotopic (exact) mass is 610 g/mol. The van der Waals surface area contributed by atoms with Crippen LogP contribution in [0, 0.1) is 0 Å². The summed E-state index contributed by atoms with van der Waals surface area (Å²) in [5, 5.41) is 13.4. The van der Waals surface area contributed by atoms with Crippen molar-refractivity contribution >= 4 is 87.0 Å². The van der Waals surface area contributed by atoms with Gasteiger partial charge in [0.25, 0.3) is 0 Å². The highest BCUT2D eigenvalue weighted by Gasteiger charge is 2.21. The minimum atomic E-state index is 0.882. The molecule has 3 aromatic heterocycles. The van der Waals surface area contributed by atoms with E-state index < -0.39 is 0 Å². The number of nitrogens with zero attached hydrogens (tertiary/aromatic N) is 2. The first kappa shape index (κ1) is 25.7. The van der Waals surface area contributed by atoms with Crippen molar-refractivity contribution in [2.24, 2.45) is 0 Å². The van der Waals surface area contributed by atoms with E-state index in [4.69, 9.17) is 9.40 Å². The van der Waals surface area contributed by atoms with Gasteiger partial charge < -0.3 is 8.98 Å². The van der Waals surface area contributed by atoms with Crippen LogP contribution in [0.1, 0.15) is 0 Å². The van der Waals surface area contributed by atoms with Gasteiger partial charge in [-0.25, -0.2) is 0 Å². The van der Waals surface area contributed by atoms with Crippen LogP contribution in [0.5, 0.6) is 0 Å². The van der Waals surface area contributed by atoms with Crippen molar-refractivity contribution in [3.63, 3.8) is 0 Å². The lowest BCUT2D eigenvalue weighted by atomic mass is 9.91. The van der Waals surface area contributed by atoms with Gasteiger partial charge >= 0.3 is 0 Å². The summed E-state index contributed by atoms with van der Waals surface area (Å²) in [6.07, 6.45) is 1.88. The van der Waals surface area contributed by atoms with E-state index in [9.17, 15) is 0 Å². The third kappa shape index (κ3) is 3.40.